The van der Waals surface area contributed by atoms with Gasteiger partial charge in [0.25, 0.3) is 0 Å². The minimum atomic E-state index is -4.03. The minimum Gasteiger partial charge on any atom is -0.428 e. The largest absolute Gasteiger partial charge is 0.428 e. The fourth-order valence-electron chi connectivity index (χ4n) is 2.49. The van der Waals surface area contributed by atoms with Gasteiger partial charge < -0.3 is 14.8 Å². The summed E-state index contributed by atoms with van der Waals surface area (Å²) < 4.78 is 30.0. The zero-order valence-electron chi connectivity index (χ0n) is 16.5. The van der Waals surface area contributed by atoms with E-state index >= 15 is 0 Å². The van der Waals surface area contributed by atoms with Crippen molar-refractivity contribution in [3.05, 3.63) is 60.2 Å². The number of sulfone groups is 1. The van der Waals surface area contributed by atoms with Gasteiger partial charge in [0.15, 0.2) is 6.23 Å². The Hall–Kier alpha value is -1.75. The zero-order chi connectivity index (χ0) is 23.5. The van der Waals surface area contributed by atoms with Gasteiger partial charge in [-0.05, 0) is 31.2 Å². The molecule has 12 heteroatoms. The molecule has 0 aliphatic carbocycles. The van der Waals surface area contributed by atoms with E-state index in [1.807, 2.05) is 19.1 Å². The second-order valence-corrected chi connectivity index (χ2v) is 11.8. The molecule has 0 saturated heterocycles. The molecule has 0 radical (unpaired) electrons. The van der Waals surface area contributed by atoms with Crippen LogP contribution >= 0.6 is 46.6 Å². The van der Waals surface area contributed by atoms with Gasteiger partial charge in [-0.3, -0.25) is 4.79 Å². The Kier molecular flexibility index (Phi) is 7.80. The standard InChI is InChI=1S/C20H17Cl3N2O5S2/c1-12-7-9-13(10-8-12)16-25-17(32(28,29)14-5-3-2-4-6-14)18(30-16)31-11-15(26)24-19(27)20(21,22)23/h2-10,19,27H,11H2,1H3,(H,24,26). The number of carbonyl (C=O) groups excluding carboxylic acids is 1. The van der Waals surface area contributed by atoms with Gasteiger partial charge in [-0.2, -0.15) is 4.98 Å². The number of aliphatic hydroxyl groups is 1. The molecule has 3 aromatic rings. The number of thioether (sulfide) groups is 1. The van der Waals surface area contributed by atoms with Crippen molar-refractivity contribution in [2.75, 3.05) is 5.75 Å². The zero-order valence-corrected chi connectivity index (χ0v) is 20.4. The summed E-state index contributed by atoms with van der Waals surface area (Å²) in [6.07, 6.45) is -1.74. The van der Waals surface area contributed by atoms with E-state index in [2.05, 4.69) is 10.3 Å². The first kappa shape index (κ1) is 24.9. The molecule has 3 rings (SSSR count). The van der Waals surface area contributed by atoms with E-state index in [9.17, 15) is 18.3 Å². The van der Waals surface area contributed by atoms with Gasteiger partial charge in [0.05, 0.1) is 10.6 Å². The van der Waals surface area contributed by atoms with Crippen molar-refractivity contribution in [1.29, 1.82) is 0 Å². The SMILES string of the molecule is Cc1ccc(-c2nc(S(=O)(=O)c3ccccc3)c(SCC(=O)NC(O)C(Cl)(Cl)Cl)o2)cc1. The highest BCUT2D eigenvalue weighted by atomic mass is 35.6. The molecule has 32 heavy (non-hydrogen) atoms. The number of amides is 1. The second-order valence-electron chi connectivity index (χ2n) is 6.59. The van der Waals surface area contributed by atoms with E-state index in [0.717, 1.165) is 17.3 Å². The quantitative estimate of drug-likeness (QED) is 0.262. The molecule has 0 saturated carbocycles. The van der Waals surface area contributed by atoms with Crippen LogP contribution in [0.15, 0.2) is 74.0 Å². The molecular formula is C20H17Cl3N2O5S2. The third-order valence-electron chi connectivity index (χ3n) is 4.12. The van der Waals surface area contributed by atoms with Gasteiger partial charge in [-0.25, -0.2) is 8.42 Å². The Bertz CT molecular complexity index is 1190. The third-order valence-corrected chi connectivity index (χ3v) is 7.49. The maximum absolute atomic E-state index is 13.2. The van der Waals surface area contributed by atoms with Crippen LogP contribution in [-0.4, -0.2) is 40.2 Å². The highest BCUT2D eigenvalue weighted by molar-refractivity contribution is 8.00. The number of rotatable bonds is 7. The van der Waals surface area contributed by atoms with E-state index in [1.165, 1.54) is 12.1 Å². The molecule has 1 atom stereocenters. The maximum atomic E-state index is 13.2. The molecule has 1 unspecified atom stereocenters. The van der Waals surface area contributed by atoms with Gasteiger partial charge in [-0.15, -0.1) is 0 Å². The average molecular weight is 536 g/mol. The number of aryl methyl sites for hydroxylation is 1. The van der Waals surface area contributed by atoms with Crippen LogP contribution in [0.25, 0.3) is 11.5 Å². The van der Waals surface area contributed by atoms with E-state index in [0.29, 0.717) is 5.56 Å². The van der Waals surface area contributed by atoms with E-state index in [-0.39, 0.29) is 26.7 Å². The summed E-state index contributed by atoms with van der Waals surface area (Å²) in [7, 11) is -4.03. The molecular weight excluding hydrogens is 519 g/mol. The van der Waals surface area contributed by atoms with Crippen molar-refractivity contribution in [3.8, 4) is 11.5 Å². The lowest BCUT2D eigenvalue weighted by Gasteiger charge is -2.19. The highest BCUT2D eigenvalue weighted by Gasteiger charge is 2.33. The number of nitrogens with zero attached hydrogens (tertiary/aromatic N) is 1. The van der Waals surface area contributed by atoms with Crippen LogP contribution in [0.2, 0.25) is 0 Å². The average Bonchev–Trinajstić information content (AvgIpc) is 3.18. The summed E-state index contributed by atoms with van der Waals surface area (Å²) in [5.74, 6) is -0.939. The van der Waals surface area contributed by atoms with E-state index in [1.54, 1.807) is 30.3 Å². The van der Waals surface area contributed by atoms with Gasteiger partial charge in [-0.1, -0.05) is 82.5 Å². The predicted molar refractivity (Wildman–Crippen MR) is 124 cm³/mol. The summed E-state index contributed by atoms with van der Waals surface area (Å²) in [4.78, 5) is 16.4. The third kappa shape index (κ3) is 5.98. The lowest BCUT2D eigenvalue weighted by atomic mass is 10.1. The summed E-state index contributed by atoms with van der Waals surface area (Å²) >= 11 is 17.4. The fraction of sp³-hybridized carbons (Fsp3) is 0.200. The molecule has 2 aromatic carbocycles. The van der Waals surface area contributed by atoms with Crippen LogP contribution in [0.4, 0.5) is 0 Å². The number of benzene rings is 2. The Balaban J connectivity index is 1.93. The van der Waals surface area contributed by atoms with Crippen molar-refractivity contribution < 1.29 is 22.7 Å². The molecule has 0 fully saturated rings. The van der Waals surface area contributed by atoms with Crippen molar-refractivity contribution >= 4 is 62.3 Å². The maximum Gasteiger partial charge on any atom is 0.234 e. The lowest BCUT2D eigenvalue weighted by molar-refractivity contribution is -0.121. The van der Waals surface area contributed by atoms with Gasteiger partial charge in [0.2, 0.25) is 35.5 Å². The van der Waals surface area contributed by atoms with Crippen molar-refractivity contribution in [2.45, 2.75) is 32.0 Å². The van der Waals surface area contributed by atoms with E-state index in [4.69, 9.17) is 39.2 Å². The smallest absolute Gasteiger partial charge is 0.234 e. The van der Waals surface area contributed by atoms with Crippen LogP contribution < -0.4 is 5.32 Å². The summed E-state index contributed by atoms with van der Waals surface area (Å²) in [5.41, 5.74) is 1.58. The lowest BCUT2D eigenvalue weighted by Crippen LogP contribution is -2.44. The molecule has 170 valence electrons. The van der Waals surface area contributed by atoms with Crippen molar-refractivity contribution in [3.63, 3.8) is 0 Å². The summed E-state index contributed by atoms with van der Waals surface area (Å²) in [6.45, 7) is 1.91. The van der Waals surface area contributed by atoms with Crippen LogP contribution in [0.5, 0.6) is 0 Å². The number of aliphatic hydroxyl groups excluding tert-OH is 1. The molecule has 1 aromatic heterocycles. The summed E-state index contributed by atoms with van der Waals surface area (Å²) in [6, 6.07) is 14.9. The normalized spacial score (nSPS) is 13.0. The van der Waals surface area contributed by atoms with E-state index < -0.39 is 25.8 Å². The van der Waals surface area contributed by atoms with Gasteiger partial charge >= 0.3 is 0 Å². The van der Waals surface area contributed by atoms with Crippen LogP contribution in [-0.2, 0) is 14.6 Å². The Morgan fingerprint density at radius 2 is 1.78 bits per heavy atom. The first-order valence-corrected chi connectivity index (χ1v) is 12.6. The number of nitrogens with one attached hydrogen (secondary N) is 1. The molecule has 0 aliphatic rings. The van der Waals surface area contributed by atoms with Gasteiger partial charge in [0.1, 0.15) is 0 Å². The molecule has 0 spiro atoms. The molecule has 7 nitrogen and oxygen atoms in total. The number of aromatic nitrogens is 1. The number of alkyl halides is 3. The summed E-state index contributed by atoms with van der Waals surface area (Å²) in [5, 5.41) is 11.4. The first-order chi connectivity index (χ1) is 15.0. The number of oxazole rings is 1. The topological polar surface area (TPSA) is 110 Å². The van der Waals surface area contributed by atoms with Crippen molar-refractivity contribution in [1.82, 2.24) is 10.3 Å². The monoisotopic (exact) mass is 534 g/mol. The molecule has 1 heterocycles. The number of hydrogen-bond acceptors (Lipinski definition) is 7. The number of carbonyl (C=O) groups is 1. The molecule has 0 bridgehead atoms. The Morgan fingerprint density at radius 1 is 1.16 bits per heavy atom. The van der Waals surface area contributed by atoms with Gasteiger partial charge in [0, 0.05) is 5.56 Å². The Morgan fingerprint density at radius 3 is 2.38 bits per heavy atom. The highest BCUT2D eigenvalue weighted by Crippen LogP contribution is 2.35. The fourth-order valence-corrected chi connectivity index (χ4v) is 5.02. The molecule has 1 amide bonds. The predicted octanol–water partition coefficient (Wildman–Crippen LogP) is 4.38. The number of hydrogen-bond donors (Lipinski definition) is 2. The second kappa shape index (κ2) is 10.0. The number of halogens is 3. The van der Waals surface area contributed by atoms with Crippen LogP contribution in [0.1, 0.15) is 5.56 Å². The first-order valence-electron chi connectivity index (χ1n) is 9.03. The molecule has 2 N–H and O–H groups in total. The Labute approximate surface area is 204 Å². The van der Waals surface area contributed by atoms with Crippen LogP contribution in [0, 0.1) is 6.92 Å². The molecule has 0 aliphatic heterocycles. The van der Waals surface area contributed by atoms with Crippen LogP contribution in [0.3, 0.4) is 0 Å². The van der Waals surface area contributed by atoms with Crippen molar-refractivity contribution in [2.24, 2.45) is 0 Å². The minimum absolute atomic E-state index is 0.0293.